The Labute approximate surface area is 159 Å². The first-order chi connectivity index (χ1) is 12.3. The fourth-order valence-electron chi connectivity index (χ4n) is 2.28. The third-order valence-corrected chi connectivity index (χ3v) is 4.13. The van der Waals surface area contributed by atoms with E-state index in [0.717, 1.165) is 5.56 Å². The molecular weight excluding hydrogens is 352 g/mol. The van der Waals surface area contributed by atoms with Crippen LogP contribution in [0.4, 0.5) is 0 Å². The molecule has 0 aliphatic heterocycles. The first kappa shape index (κ1) is 20.0. The summed E-state index contributed by atoms with van der Waals surface area (Å²) >= 11 is 5.85. The summed E-state index contributed by atoms with van der Waals surface area (Å²) in [6.07, 6.45) is 0.313. The maximum Gasteiger partial charge on any atom is 0.314 e. The highest BCUT2D eigenvalue weighted by molar-refractivity contribution is 6.30. The molecular formula is C21H23ClO4. The molecule has 0 bridgehead atoms. The van der Waals surface area contributed by atoms with E-state index < -0.39 is 5.41 Å². The molecule has 26 heavy (non-hydrogen) atoms. The van der Waals surface area contributed by atoms with E-state index in [0.29, 0.717) is 29.4 Å². The molecule has 2 aromatic carbocycles. The Morgan fingerprint density at radius 1 is 1.00 bits per heavy atom. The standard InChI is InChI=1S/C21H23ClO4/c1-4-25-20(24)21(2,3)14-26-18-11-7-16(8-12-18)19(23)13-15-5-9-17(22)10-6-15/h5-12H,4,13-14H2,1-3H3. The van der Waals surface area contributed by atoms with Gasteiger partial charge in [-0.3, -0.25) is 9.59 Å². The third kappa shape index (κ3) is 5.60. The van der Waals surface area contributed by atoms with Crippen molar-refractivity contribution in [3.63, 3.8) is 0 Å². The van der Waals surface area contributed by atoms with Crippen molar-refractivity contribution < 1.29 is 19.1 Å². The predicted molar refractivity (Wildman–Crippen MR) is 102 cm³/mol. The lowest BCUT2D eigenvalue weighted by Crippen LogP contribution is -2.32. The van der Waals surface area contributed by atoms with Crippen molar-refractivity contribution in [3.8, 4) is 5.75 Å². The van der Waals surface area contributed by atoms with Gasteiger partial charge in [-0.15, -0.1) is 0 Å². The SMILES string of the molecule is CCOC(=O)C(C)(C)COc1ccc(C(=O)Cc2ccc(Cl)cc2)cc1. The summed E-state index contributed by atoms with van der Waals surface area (Å²) in [4.78, 5) is 24.2. The zero-order chi connectivity index (χ0) is 19.2. The number of hydrogen-bond acceptors (Lipinski definition) is 4. The highest BCUT2D eigenvalue weighted by atomic mass is 35.5. The minimum absolute atomic E-state index is 0.0192. The molecule has 0 heterocycles. The number of benzene rings is 2. The largest absolute Gasteiger partial charge is 0.492 e. The molecule has 0 atom stereocenters. The van der Waals surface area contributed by atoms with Gasteiger partial charge in [-0.2, -0.15) is 0 Å². The maximum atomic E-state index is 12.4. The molecule has 138 valence electrons. The van der Waals surface area contributed by atoms with Gasteiger partial charge < -0.3 is 9.47 Å². The Bertz CT molecular complexity index is 749. The van der Waals surface area contributed by atoms with E-state index >= 15 is 0 Å². The van der Waals surface area contributed by atoms with Gasteiger partial charge in [-0.1, -0.05) is 23.7 Å². The molecule has 0 spiro atoms. The van der Waals surface area contributed by atoms with Crippen LogP contribution in [0, 0.1) is 5.41 Å². The second kappa shape index (κ2) is 8.86. The van der Waals surface area contributed by atoms with Gasteiger partial charge in [0.05, 0.1) is 12.0 Å². The van der Waals surface area contributed by atoms with Gasteiger partial charge in [-0.05, 0) is 62.7 Å². The number of Topliss-reactive ketones (excluding diaryl/α,β-unsaturated/α-hetero) is 1. The van der Waals surface area contributed by atoms with Gasteiger partial charge in [0.1, 0.15) is 12.4 Å². The number of carbonyl (C=O) groups excluding carboxylic acids is 2. The number of ether oxygens (including phenoxy) is 2. The lowest BCUT2D eigenvalue weighted by molar-refractivity contribution is -0.155. The Morgan fingerprint density at radius 2 is 1.62 bits per heavy atom. The Balaban J connectivity index is 1.94. The van der Waals surface area contributed by atoms with Crippen LogP contribution in [0.3, 0.4) is 0 Å². The van der Waals surface area contributed by atoms with Gasteiger partial charge in [0.15, 0.2) is 5.78 Å². The molecule has 0 saturated heterocycles. The van der Waals surface area contributed by atoms with Crippen LogP contribution in [-0.2, 0) is 16.0 Å². The normalized spacial score (nSPS) is 11.1. The van der Waals surface area contributed by atoms with E-state index in [4.69, 9.17) is 21.1 Å². The minimum Gasteiger partial charge on any atom is -0.492 e. The third-order valence-electron chi connectivity index (χ3n) is 3.88. The van der Waals surface area contributed by atoms with Crippen molar-refractivity contribution in [1.29, 1.82) is 0 Å². The van der Waals surface area contributed by atoms with Crippen LogP contribution in [0.5, 0.6) is 5.75 Å². The molecule has 2 aromatic rings. The number of hydrogen-bond donors (Lipinski definition) is 0. The summed E-state index contributed by atoms with van der Waals surface area (Å²) in [5.74, 6) is 0.325. The molecule has 0 amide bonds. The molecule has 0 fully saturated rings. The molecule has 0 radical (unpaired) electrons. The minimum atomic E-state index is -0.737. The van der Waals surface area contributed by atoms with Crippen LogP contribution in [0.25, 0.3) is 0 Å². The van der Waals surface area contributed by atoms with Crippen LogP contribution >= 0.6 is 11.6 Å². The number of halogens is 1. The molecule has 0 aromatic heterocycles. The van der Waals surface area contributed by atoms with Gasteiger partial charge in [0.2, 0.25) is 0 Å². The number of carbonyl (C=O) groups is 2. The molecule has 0 N–H and O–H groups in total. The molecule has 5 heteroatoms. The topological polar surface area (TPSA) is 52.6 Å². The van der Waals surface area contributed by atoms with E-state index in [1.165, 1.54) is 0 Å². The smallest absolute Gasteiger partial charge is 0.314 e. The molecule has 0 aliphatic rings. The number of ketones is 1. The summed E-state index contributed by atoms with van der Waals surface area (Å²) in [7, 11) is 0. The first-order valence-corrected chi connectivity index (χ1v) is 8.87. The van der Waals surface area contributed by atoms with E-state index in [2.05, 4.69) is 0 Å². The second-order valence-corrected chi connectivity index (χ2v) is 7.08. The van der Waals surface area contributed by atoms with Crippen LogP contribution in [-0.4, -0.2) is 25.0 Å². The van der Waals surface area contributed by atoms with Crippen LogP contribution in [0.1, 0.15) is 36.7 Å². The highest BCUT2D eigenvalue weighted by Gasteiger charge is 2.30. The van der Waals surface area contributed by atoms with Crippen molar-refractivity contribution >= 4 is 23.4 Å². The van der Waals surface area contributed by atoms with Gasteiger partial charge >= 0.3 is 5.97 Å². The Hall–Kier alpha value is -2.33. The fraction of sp³-hybridized carbons (Fsp3) is 0.333. The van der Waals surface area contributed by atoms with Crippen LogP contribution < -0.4 is 4.74 Å². The molecule has 0 saturated carbocycles. The quantitative estimate of drug-likeness (QED) is 0.495. The average Bonchev–Trinajstić information content (AvgIpc) is 2.62. The predicted octanol–water partition coefficient (Wildman–Crippen LogP) is 4.73. The summed E-state index contributed by atoms with van der Waals surface area (Å²) in [5.41, 5.74) is 0.784. The van der Waals surface area contributed by atoms with Crippen molar-refractivity contribution in [1.82, 2.24) is 0 Å². The lowest BCUT2D eigenvalue weighted by atomic mass is 9.95. The number of esters is 1. The summed E-state index contributed by atoms with van der Waals surface area (Å²) in [6, 6.07) is 14.1. The van der Waals surface area contributed by atoms with E-state index in [9.17, 15) is 9.59 Å². The number of rotatable bonds is 8. The monoisotopic (exact) mass is 374 g/mol. The summed E-state index contributed by atoms with van der Waals surface area (Å²) < 4.78 is 10.7. The molecule has 0 aliphatic carbocycles. The molecule has 2 rings (SSSR count). The lowest BCUT2D eigenvalue weighted by Gasteiger charge is -2.22. The van der Waals surface area contributed by atoms with Gasteiger partial charge in [0.25, 0.3) is 0 Å². The van der Waals surface area contributed by atoms with Crippen molar-refractivity contribution in [2.75, 3.05) is 13.2 Å². The van der Waals surface area contributed by atoms with Crippen molar-refractivity contribution in [2.45, 2.75) is 27.2 Å². The fourth-order valence-corrected chi connectivity index (χ4v) is 2.40. The Kier molecular flexibility index (Phi) is 6.81. The maximum absolute atomic E-state index is 12.4. The zero-order valence-electron chi connectivity index (χ0n) is 15.3. The highest BCUT2D eigenvalue weighted by Crippen LogP contribution is 2.21. The van der Waals surface area contributed by atoms with Crippen molar-refractivity contribution in [2.24, 2.45) is 5.41 Å². The zero-order valence-corrected chi connectivity index (χ0v) is 16.0. The Morgan fingerprint density at radius 3 is 2.19 bits per heavy atom. The summed E-state index contributed by atoms with van der Waals surface area (Å²) in [5, 5.41) is 0.647. The van der Waals surface area contributed by atoms with Crippen LogP contribution in [0.2, 0.25) is 5.02 Å². The van der Waals surface area contributed by atoms with Crippen LogP contribution in [0.15, 0.2) is 48.5 Å². The van der Waals surface area contributed by atoms with Crippen molar-refractivity contribution in [3.05, 3.63) is 64.7 Å². The molecule has 4 nitrogen and oxygen atoms in total. The van der Waals surface area contributed by atoms with E-state index in [1.54, 1.807) is 57.2 Å². The average molecular weight is 375 g/mol. The van der Waals surface area contributed by atoms with Gasteiger partial charge in [-0.25, -0.2) is 0 Å². The van der Waals surface area contributed by atoms with Gasteiger partial charge in [0, 0.05) is 17.0 Å². The van der Waals surface area contributed by atoms with E-state index in [1.807, 2.05) is 12.1 Å². The second-order valence-electron chi connectivity index (χ2n) is 6.64. The summed E-state index contributed by atoms with van der Waals surface area (Å²) in [6.45, 7) is 5.86. The first-order valence-electron chi connectivity index (χ1n) is 8.49. The molecule has 0 unspecified atom stereocenters. The van der Waals surface area contributed by atoms with E-state index in [-0.39, 0.29) is 18.4 Å².